The SMILES string of the molecule is CNC(=O)C1CCCN1C(=O)[C@@H](Cc1ccc(Cl)c(Cl)c1)NC(=O)OC(C)(C)C.c1n[nH]c2c1CCCC2. The number of H-pyrrole nitrogens is 1. The van der Waals surface area contributed by atoms with E-state index in [0.717, 1.165) is 12.0 Å². The average Bonchev–Trinajstić information content (AvgIpc) is 3.54. The van der Waals surface area contributed by atoms with Crippen molar-refractivity contribution < 1.29 is 19.1 Å². The van der Waals surface area contributed by atoms with Gasteiger partial charge in [-0.25, -0.2) is 4.79 Å². The largest absolute Gasteiger partial charge is 0.444 e. The summed E-state index contributed by atoms with van der Waals surface area (Å²) < 4.78 is 5.31. The number of hydrogen-bond donors (Lipinski definition) is 3. The van der Waals surface area contributed by atoms with Gasteiger partial charge in [-0.05, 0) is 82.6 Å². The van der Waals surface area contributed by atoms with E-state index in [1.165, 1.54) is 48.9 Å². The second kappa shape index (κ2) is 13.3. The minimum atomic E-state index is -0.910. The highest BCUT2D eigenvalue weighted by atomic mass is 35.5. The Morgan fingerprint density at radius 1 is 1.16 bits per heavy atom. The van der Waals surface area contributed by atoms with Gasteiger partial charge in [-0.1, -0.05) is 29.3 Å². The Kier molecular flexibility index (Phi) is 10.4. The second-order valence-corrected chi connectivity index (χ2v) is 11.4. The summed E-state index contributed by atoms with van der Waals surface area (Å²) >= 11 is 12.1. The molecule has 1 aliphatic carbocycles. The van der Waals surface area contributed by atoms with Gasteiger partial charge in [0.2, 0.25) is 11.8 Å². The molecule has 1 saturated heterocycles. The highest BCUT2D eigenvalue weighted by molar-refractivity contribution is 6.42. The lowest BCUT2D eigenvalue weighted by Gasteiger charge is -2.29. The lowest BCUT2D eigenvalue weighted by molar-refractivity contribution is -0.139. The van der Waals surface area contributed by atoms with Crippen molar-refractivity contribution in [1.82, 2.24) is 25.7 Å². The van der Waals surface area contributed by atoms with E-state index in [9.17, 15) is 14.4 Å². The lowest BCUT2D eigenvalue weighted by atomic mass is 9.99. The van der Waals surface area contributed by atoms with Crippen LogP contribution in [0.15, 0.2) is 24.4 Å². The molecule has 9 nitrogen and oxygen atoms in total. The smallest absolute Gasteiger partial charge is 0.408 e. The molecular formula is C27H37Cl2N5O4. The molecule has 0 spiro atoms. The molecule has 3 N–H and O–H groups in total. The summed E-state index contributed by atoms with van der Waals surface area (Å²) in [6, 6.07) is 3.57. The number of carbonyl (C=O) groups excluding carboxylic acids is 3. The van der Waals surface area contributed by atoms with Crippen LogP contribution in [-0.4, -0.2) is 64.3 Å². The number of nitrogens with zero attached hydrogens (tertiary/aromatic N) is 2. The van der Waals surface area contributed by atoms with Gasteiger partial charge < -0.3 is 20.3 Å². The Balaban J connectivity index is 0.000000368. The molecule has 11 heteroatoms. The molecule has 1 unspecified atom stereocenters. The van der Waals surface area contributed by atoms with Gasteiger partial charge in [-0.2, -0.15) is 5.10 Å². The number of aryl methyl sites for hydroxylation is 2. The van der Waals surface area contributed by atoms with E-state index in [1.54, 1.807) is 39.0 Å². The summed E-state index contributed by atoms with van der Waals surface area (Å²) in [5.74, 6) is -0.561. The van der Waals surface area contributed by atoms with Gasteiger partial charge in [-0.15, -0.1) is 0 Å². The van der Waals surface area contributed by atoms with Crippen LogP contribution in [-0.2, 0) is 33.6 Å². The topological polar surface area (TPSA) is 116 Å². The molecule has 1 aromatic heterocycles. The summed E-state index contributed by atoms with van der Waals surface area (Å²) in [4.78, 5) is 39.3. The minimum absolute atomic E-state index is 0.186. The molecule has 208 valence electrons. The molecule has 0 radical (unpaired) electrons. The zero-order chi connectivity index (χ0) is 27.9. The quantitative estimate of drug-likeness (QED) is 0.495. The monoisotopic (exact) mass is 565 g/mol. The number of aromatic amines is 1. The first-order valence-corrected chi connectivity index (χ1v) is 13.7. The maximum absolute atomic E-state index is 13.3. The zero-order valence-electron chi connectivity index (χ0n) is 22.4. The summed E-state index contributed by atoms with van der Waals surface area (Å²) in [5.41, 5.74) is 2.81. The molecule has 0 saturated carbocycles. The molecular weight excluding hydrogens is 529 g/mol. The van der Waals surface area contributed by atoms with E-state index < -0.39 is 23.8 Å². The number of aromatic nitrogens is 2. The molecule has 38 heavy (non-hydrogen) atoms. The number of likely N-dealkylation sites (tertiary alicyclic amines) is 1. The number of ether oxygens (including phenoxy) is 1. The number of benzene rings is 1. The van der Waals surface area contributed by atoms with Gasteiger partial charge in [-0.3, -0.25) is 14.7 Å². The predicted octanol–water partition coefficient (Wildman–Crippen LogP) is 4.45. The number of halogens is 2. The van der Waals surface area contributed by atoms with Crippen LogP contribution in [0.2, 0.25) is 10.0 Å². The normalized spacial score (nSPS) is 17.5. The fourth-order valence-corrected chi connectivity index (χ4v) is 4.93. The lowest BCUT2D eigenvalue weighted by Crippen LogP contribution is -2.54. The van der Waals surface area contributed by atoms with Gasteiger partial charge in [0.05, 0.1) is 16.2 Å². The maximum atomic E-state index is 13.3. The number of alkyl carbamates (subject to hydrolysis) is 1. The molecule has 2 aliphatic rings. The van der Waals surface area contributed by atoms with Crippen LogP contribution >= 0.6 is 23.2 Å². The number of nitrogens with one attached hydrogen (secondary N) is 3. The van der Waals surface area contributed by atoms with Crippen LogP contribution in [0.1, 0.15) is 63.3 Å². The van der Waals surface area contributed by atoms with Crippen molar-refractivity contribution in [2.75, 3.05) is 13.6 Å². The highest BCUT2D eigenvalue weighted by Gasteiger charge is 2.37. The maximum Gasteiger partial charge on any atom is 0.408 e. The predicted molar refractivity (Wildman–Crippen MR) is 147 cm³/mol. The molecule has 3 amide bonds. The molecule has 2 aromatic rings. The molecule has 1 aromatic carbocycles. The summed E-state index contributed by atoms with van der Waals surface area (Å²) in [6.45, 7) is 5.67. The Morgan fingerprint density at radius 2 is 1.89 bits per heavy atom. The molecule has 1 fully saturated rings. The summed E-state index contributed by atoms with van der Waals surface area (Å²) in [6.07, 6.45) is 7.84. The fraction of sp³-hybridized carbons (Fsp3) is 0.556. The Hall–Kier alpha value is -2.78. The number of likely N-dealkylation sites (N-methyl/N-ethyl adjacent to an activating group) is 1. The van der Waals surface area contributed by atoms with Crippen molar-refractivity contribution in [3.63, 3.8) is 0 Å². The van der Waals surface area contributed by atoms with Crippen molar-refractivity contribution in [2.24, 2.45) is 0 Å². The van der Waals surface area contributed by atoms with Crippen molar-refractivity contribution in [3.8, 4) is 0 Å². The number of rotatable bonds is 5. The van der Waals surface area contributed by atoms with Crippen LogP contribution in [0, 0.1) is 0 Å². The first-order valence-electron chi connectivity index (χ1n) is 12.9. The van der Waals surface area contributed by atoms with E-state index in [-0.39, 0.29) is 18.2 Å². The third-order valence-corrected chi connectivity index (χ3v) is 7.17. The van der Waals surface area contributed by atoms with E-state index in [4.69, 9.17) is 27.9 Å². The van der Waals surface area contributed by atoms with Crippen LogP contribution < -0.4 is 10.6 Å². The highest BCUT2D eigenvalue weighted by Crippen LogP contribution is 2.25. The van der Waals surface area contributed by atoms with Gasteiger partial charge in [0.25, 0.3) is 0 Å². The fourth-order valence-electron chi connectivity index (χ4n) is 4.61. The number of fused-ring (bicyclic) bond motifs is 1. The van der Waals surface area contributed by atoms with E-state index in [2.05, 4.69) is 20.8 Å². The van der Waals surface area contributed by atoms with Crippen LogP contribution in [0.25, 0.3) is 0 Å². The van der Waals surface area contributed by atoms with Gasteiger partial charge >= 0.3 is 6.09 Å². The van der Waals surface area contributed by atoms with Crippen LogP contribution in [0.3, 0.4) is 0 Å². The van der Waals surface area contributed by atoms with Crippen molar-refractivity contribution in [1.29, 1.82) is 0 Å². The molecule has 2 heterocycles. The van der Waals surface area contributed by atoms with Gasteiger partial charge in [0.15, 0.2) is 0 Å². The Morgan fingerprint density at radius 3 is 2.55 bits per heavy atom. The molecule has 1 aliphatic heterocycles. The van der Waals surface area contributed by atoms with Gasteiger partial charge in [0, 0.05) is 25.7 Å². The number of hydrogen-bond acceptors (Lipinski definition) is 5. The van der Waals surface area contributed by atoms with E-state index in [0.29, 0.717) is 23.0 Å². The van der Waals surface area contributed by atoms with E-state index in [1.807, 2.05) is 6.20 Å². The average molecular weight is 567 g/mol. The van der Waals surface area contributed by atoms with E-state index >= 15 is 0 Å². The van der Waals surface area contributed by atoms with Crippen LogP contribution in [0.5, 0.6) is 0 Å². The number of carbonyl (C=O) groups is 3. The summed E-state index contributed by atoms with van der Waals surface area (Å²) in [5, 5.41) is 13.0. The van der Waals surface area contributed by atoms with Crippen LogP contribution in [0.4, 0.5) is 4.79 Å². The Labute approximate surface area is 234 Å². The summed E-state index contributed by atoms with van der Waals surface area (Å²) in [7, 11) is 1.54. The number of amides is 3. The first-order chi connectivity index (χ1) is 18.0. The first kappa shape index (κ1) is 29.8. The molecule has 0 bridgehead atoms. The Bertz CT molecular complexity index is 1110. The van der Waals surface area contributed by atoms with Crippen molar-refractivity contribution >= 4 is 41.1 Å². The third kappa shape index (κ3) is 8.36. The third-order valence-electron chi connectivity index (χ3n) is 6.43. The standard InChI is InChI=1S/C20H27Cl2N3O4.C7H10N2/c1-20(2,3)29-19(28)24-15(11-12-7-8-13(21)14(22)10-12)18(27)25-9-5-6-16(25)17(26)23-4;1-2-4-7-6(3-1)5-8-9-7/h7-8,10,15-16H,5-6,9,11H2,1-4H3,(H,23,26)(H,24,28);5H,1-4H2,(H,8,9)/t15-,16?;/m1./s1. The van der Waals surface area contributed by atoms with Gasteiger partial charge in [0.1, 0.15) is 17.7 Å². The molecule has 2 atom stereocenters. The van der Waals surface area contributed by atoms with Crippen molar-refractivity contribution in [3.05, 3.63) is 51.3 Å². The molecule has 4 rings (SSSR count). The zero-order valence-corrected chi connectivity index (χ0v) is 23.9. The second-order valence-electron chi connectivity index (χ2n) is 10.5. The van der Waals surface area contributed by atoms with Crippen molar-refractivity contribution in [2.45, 2.75) is 83.4 Å². The minimum Gasteiger partial charge on any atom is -0.444 e.